The molecule has 0 aliphatic rings. The average molecular weight is 488 g/mol. The zero-order chi connectivity index (χ0) is 24.5. The molecule has 8 nitrogen and oxygen atoms in total. The average Bonchev–Trinajstić information content (AvgIpc) is 3.29. The predicted octanol–water partition coefficient (Wildman–Crippen LogP) is 5.20. The predicted molar refractivity (Wildman–Crippen MR) is 133 cm³/mol. The van der Waals surface area contributed by atoms with Gasteiger partial charge >= 0.3 is 5.97 Å². The molecule has 0 amide bonds. The lowest BCUT2D eigenvalue weighted by Gasteiger charge is -2.13. The fourth-order valence-electron chi connectivity index (χ4n) is 3.57. The highest BCUT2D eigenvalue weighted by Gasteiger charge is 2.18. The van der Waals surface area contributed by atoms with Crippen LogP contribution >= 0.6 is 11.6 Å². The summed E-state index contributed by atoms with van der Waals surface area (Å²) >= 11 is 6.15. The molecule has 1 atom stereocenters. The van der Waals surface area contributed by atoms with Gasteiger partial charge in [0.1, 0.15) is 11.3 Å². The first-order valence-corrected chi connectivity index (χ1v) is 11.0. The van der Waals surface area contributed by atoms with Crippen molar-refractivity contribution in [2.45, 2.75) is 13.0 Å². The molecule has 1 N–H and O–H groups in total. The van der Waals surface area contributed by atoms with Crippen LogP contribution in [0.3, 0.4) is 0 Å². The van der Waals surface area contributed by atoms with E-state index in [2.05, 4.69) is 10.1 Å². The first-order valence-electron chi connectivity index (χ1n) is 10.6. The molecule has 2 aromatic heterocycles. The summed E-state index contributed by atoms with van der Waals surface area (Å²) in [6, 6.07) is 20.9. The van der Waals surface area contributed by atoms with Gasteiger partial charge in [0.05, 0.1) is 17.1 Å². The molecule has 0 saturated heterocycles. The maximum absolute atomic E-state index is 13.4. The highest BCUT2D eigenvalue weighted by Crippen LogP contribution is 2.27. The minimum atomic E-state index is -1.12. The van der Waals surface area contributed by atoms with Gasteiger partial charge in [-0.25, -0.2) is 9.78 Å². The van der Waals surface area contributed by atoms with Gasteiger partial charge in [0.25, 0.3) is 5.56 Å². The fourth-order valence-corrected chi connectivity index (χ4v) is 3.75. The maximum Gasteiger partial charge on any atom is 0.344 e. The van der Waals surface area contributed by atoms with Crippen molar-refractivity contribution in [2.75, 3.05) is 0 Å². The van der Waals surface area contributed by atoms with Gasteiger partial charge in [-0.1, -0.05) is 41.9 Å². The summed E-state index contributed by atoms with van der Waals surface area (Å²) in [7, 11) is 0. The molecule has 2 heterocycles. The van der Waals surface area contributed by atoms with E-state index >= 15 is 0 Å². The van der Waals surface area contributed by atoms with Crippen LogP contribution in [0.1, 0.15) is 12.5 Å². The van der Waals surface area contributed by atoms with Crippen molar-refractivity contribution in [3.8, 4) is 17.3 Å². The van der Waals surface area contributed by atoms with Crippen molar-refractivity contribution in [1.82, 2.24) is 9.66 Å². The van der Waals surface area contributed by atoms with Crippen LogP contribution in [0, 0.1) is 0 Å². The third-order valence-electron chi connectivity index (χ3n) is 5.34. The number of carbonyl (C=O) groups is 1. The summed E-state index contributed by atoms with van der Waals surface area (Å²) < 4.78 is 12.6. The smallest absolute Gasteiger partial charge is 0.344 e. The first kappa shape index (κ1) is 22.4. The molecule has 5 aromatic rings. The number of ether oxygens (including phenoxy) is 1. The number of hydrogen-bond acceptors (Lipinski definition) is 6. The van der Waals surface area contributed by atoms with Crippen molar-refractivity contribution in [3.63, 3.8) is 0 Å². The third-order valence-corrected chi connectivity index (χ3v) is 5.57. The van der Waals surface area contributed by atoms with E-state index in [-0.39, 0.29) is 11.6 Å². The summed E-state index contributed by atoms with van der Waals surface area (Å²) in [5.74, 6) is -0.289. The number of rotatable bonds is 6. The van der Waals surface area contributed by atoms with E-state index in [0.717, 1.165) is 10.1 Å². The summed E-state index contributed by atoms with van der Waals surface area (Å²) in [6.45, 7) is 1.41. The van der Waals surface area contributed by atoms with Crippen molar-refractivity contribution in [2.24, 2.45) is 5.10 Å². The summed E-state index contributed by atoms with van der Waals surface area (Å²) in [6.07, 6.45) is 0.277. The minimum absolute atomic E-state index is 0.213. The molecular formula is C26H18ClN3O5. The normalized spacial score (nSPS) is 12.4. The monoisotopic (exact) mass is 487 g/mol. The Morgan fingerprint density at radius 2 is 1.91 bits per heavy atom. The number of hydrogen-bond donors (Lipinski definition) is 1. The molecule has 174 valence electrons. The number of fused-ring (bicyclic) bond motifs is 2. The van der Waals surface area contributed by atoms with Gasteiger partial charge in [-0.15, -0.1) is 0 Å². The van der Waals surface area contributed by atoms with E-state index in [1.165, 1.54) is 13.1 Å². The van der Waals surface area contributed by atoms with E-state index in [4.69, 9.17) is 20.8 Å². The number of carboxylic acids is 1. The Morgan fingerprint density at radius 1 is 1.14 bits per heavy atom. The first-order chi connectivity index (χ1) is 16.9. The fraction of sp³-hybridized carbons (Fsp3) is 0.0769. The van der Waals surface area contributed by atoms with Crippen molar-refractivity contribution in [1.29, 1.82) is 0 Å². The maximum atomic E-state index is 13.4. The topological polar surface area (TPSA) is 107 Å². The van der Waals surface area contributed by atoms with E-state index in [9.17, 15) is 14.7 Å². The second-order valence-electron chi connectivity index (χ2n) is 7.74. The molecule has 0 spiro atoms. The van der Waals surface area contributed by atoms with Crippen LogP contribution in [-0.2, 0) is 4.79 Å². The van der Waals surface area contributed by atoms with E-state index < -0.39 is 17.6 Å². The Labute approximate surface area is 203 Å². The lowest BCUT2D eigenvalue weighted by Crippen LogP contribution is -2.23. The van der Waals surface area contributed by atoms with Crippen molar-refractivity contribution >= 4 is 45.7 Å². The van der Waals surface area contributed by atoms with Gasteiger partial charge in [0, 0.05) is 16.0 Å². The number of furan rings is 1. The van der Waals surface area contributed by atoms with Crippen LogP contribution in [0.15, 0.2) is 87.1 Å². The Hall–Kier alpha value is -4.43. The van der Waals surface area contributed by atoms with Crippen LogP contribution in [0.5, 0.6) is 5.75 Å². The Bertz CT molecular complexity index is 1640. The molecule has 0 unspecified atom stereocenters. The minimum Gasteiger partial charge on any atom is -0.479 e. The summed E-state index contributed by atoms with van der Waals surface area (Å²) in [5, 5.41) is 15.2. The second kappa shape index (κ2) is 9.08. The van der Waals surface area contributed by atoms with Gasteiger partial charge in [0.2, 0.25) is 5.82 Å². The van der Waals surface area contributed by atoms with Crippen LogP contribution in [-0.4, -0.2) is 33.1 Å². The lowest BCUT2D eigenvalue weighted by atomic mass is 10.2. The van der Waals surface area contributed by atoms with E-state index in [1.807, 2.05) is 24.3 Å². The molecule has 5 rings (SSSR count). The molecule has 0 aliphatic heterocycles. The van der Waals surface area contributed by atoms with Crippen LogP contribution in [0.4, 0.5) is 0 Å². The zero-order valence-electron chi connectivity index (χ0n) is 18.4. The molecule has 0 aliphatic carbocycles. The van der Waals surface area contributed by atoms with Gasteiger partial charge in [-0.3, -0.25) is 4.79 Å². The Balaban J connectivity index is 1.68. The molecule has 9 heteroatoms. The number of halogens is 1. The van der Waals surface area contributed by atoms with E-state index in [1.54, 1.807) is 48.5 Å². The molecule has 3 aromatic carbocycles. The van der Waals surface area contributed by atoms with Crippen LogP contribution < -0.4 is 10.3 Å². The highest BCUT2D eigenvalue weighted by molar-refractivity contribution is 6.30. The number of benzene rings is 3. The van der Waals surface area contributed by atoms with Gasteiger partial charge in [-0.05, 0) is 49.4 Å². The molecule has 0 fully saturated rings. The highest BCUT2D eigenvalue weighted by atomic mass is 35.5. The lowest BCUT2D eigenvalue weighted by molar-refractivity contribution is -0.144. The largest absolute Gasteiger partial charge is 0.479 e. The van der Waals surface area contributed by atoms with Crippen molar-refractivity contribution in [3.05, 3.63) is 93.7 Å². The molecule has 0 saturated carbocycles. The zero-order valence-corrected chi connectivity index (χ0v) is 19.1. The Kier molecular flexibility index (Phi) is 5.80. The van der Waals surface area contributed by atoms with Crippen molar-refractivity contribution < 1.29 is 19.1 Å². The van der Waals surface area contributed by atoms with Gasteiger partial charge in [-0.2, -0.15) is 9.78 Å². The number of aromatic nitrogens is 2. The molecule has 35 heavy (non-hydrogen) atoms. The quantitative estimate of drug-likeness (QED) is 0.330. The Morgan fingerprint density at radius 3 is 2.71 bits per heavy atom. The standard InChI is InChI=1S/C26H18ClN3O5/c1-15(26(32)33)34-22-11-10-18(27)12-17(22)14-28-30-24(23-13-16-6-2-5-9-21(16)35-23)29-20-8-4-3-7-19(20)25(30)31/h2-15H,1H3,(H,32,33)/t15-/m0/s1. The van der Waals surface area contributed by atoms with Crippen LogP contribution in [0.2, 0.25) is 5.02 Å². The number of carboxylic acid groups (broad SMARTS) is 1. The number of aliphatic carboxylic acids is 1. The second-order valence-corrected chi connectivity index (χ2v) is 8.18. The third kappa shape index (κ3) is 4.39. The molecule has 0 bridgehead atoms. The molecular weight excluding hydrogens is 470 g/mol. The summed E-state index contributed by atoms with van der Waals surface area (Å²) in [5.41, 5.74) is 1.14. The van der Waals surface area contributed by atoms with Crippen LogP contribution in [0.25, 0.3) is 33.5 Å². The van der Waals surface area contributed by atoms with Gasteiger partial charge < -0.3 is 14.3 Å². The molecule has 0 radical (unpaired) electrons. The van der Waals surface area contributed by atoms with Gasteiger partial charge in [0.15, 0.2) is 11.9 Å². The number of nitrogens with zero attached hydrogens (tertiary/aromatic N) is 3. The number of para-hydroxylation sites is 2. The SMILES string of the molecule is C[C@H](Oc1ccc(Cl)cc1C=Nn1c(-c2cc3ccccc3o2)nc2ccccc2c1=O)C(=O)O. The van der Waals surface area contributed by atoms with E-state index in [0.29, 0.717) is 32.8 Å². The summed E-state index contributed by atoms with van der Waals surface area (Å²) in [4.78, 5) is 29.3.